The summed E-state index contributed by atoms with van der Waals surface area (Å²) in [6.07, 6.45) is 2.74. The second-order valence-corrected chi connectivity index (χ2v) is 3.80. The molecule has 0 aromatic carbocycles. The van der Waals surface area contributed by atoms with Gasteiger partial charge in [-0.3, -0.25) is 4.79 Å². The van der Waals surface area contributed by atoms with Crippen molar-refractivity contribution in [1.82, 2.24) is 4.90 Å². The predicted octanol–water partition coefficient (Wildman–Crippen LogP) is 0.594. The molecular weight excluding hydrogens is 152 g/mol. The predicted molar refractivity (Wildman–Crippen MR) is 48.6 cm³/mol. The second kappa shape index (κ2) is 3.44. The van der Waals surface area contributed by atoms with Gasteiger partial charge in [0.15, 0.2) is 0 Å². The van der Waals surface area contributed by atoms with E-state index in [1.54, 1.807) is 0 Å². The van der Waals surface area contributed by atoms with Crippen molar-refractivity contribution < 1.29 is 4.79 Å². The molecule has 0 spiro atoms. The Bertz CT molecular complexity index is 171. The van der Waals surface area contributed by atoms with Gasteiger partial charge in [0.05, 0.1) is 5.41 Å². The molecule has 12 heavy (non-hydrogen) atoms. The van der Waals surface area contributed by atoms with Crippen LogP contribution in [-0.2, 0) is 4.79 Å². The highest BCUT2D eigenvalue weighted by Crippen LogP contribution is 2.33. The molecule has 3 nitrogen and oxygen atoms in total. The third-order valence-corrected chi connectivity index (χ3v) is 3.14. The fraction of sp³-hybridized carbons (Fsp3) is 0.889. The highest BCUT2D eigenvalue weighted by atomic mass is 16.1. The SMILES string of the molecule is CCC1(C(N)=O)CCN(C)CC1. The van der Waals surface area contributed by atoms with Crippen molar-refractivity contribution in [1.29, 1.82) is 0 Å². The summed E-state index contributed by atoms with van der Waals surface area (Å²) >= 11 is 0. The highest BCUT2D eigenvalue weighted by molar-refractivity contribution is 5.80. The first kappa shape index (κ1) is 9.52. The van der Waals surface area contributed by atoms with Crippen LogP contribution in [0, 0.1) is 5.41 Å². The summed E-state index contributed by atoms with van der Waals surface area (Å²) in [4.78, 5) is 13.5. The van der Waals surface area contributed by atoms with Crippen LogP contribution in [0.4, 0.5) is 0 Å². The van der Waals surface area contributed by atoms with Gasteiger partial charge in [-0.05, 0) is 39.4 Å². The Morgan fingerprint density at radius 3 is 2.33 bits per heavy atom. The van der Waals surface area contributed by atoms with E-state index in [1.807, 2.05) is 0 Å². The molecule has 1 saturated heterocycles. The number of carbonyl (C=O) groups excluding carboxylic acids is 1. The summed E-state index contributed by atoms with van der Waals surface area (Å²) in [5.41, 5.74) is 5.20. The molecule has 1 rings (SSSR count). The number of primary amides is 1. The quantitative estimate of drug-likeness (QED) is 0.659. The van der Waals surface area contributed by atoms with E-state index in [4.69, 9.17) is 5.73 Å². The maximum atomic E-state index is 11.2. The Morgan fingerprint density at radius 2 is 2.00 bits per heavy atom. The van der Waals surface area contributed by atoms with Gasteiger partial charge in [0.25, 0.3) is 0 Å². The van der Waals surface area contributed by atoms with Gasteiger partial charge in [-0.1, -0.05) is 6.92 Å². The van der Waals surface area contributed by atoms with Crippen molar-refractivity contribution in [3.63, 3.8) is 0 Å². The molecule has 0 aliphatic carbocycles. The smallest absolute Gasteiger partial charge is 0.223 e. The Hall–Kier alpha value is -0.570. The summed E-state index contributed by atoms with van der Waals surface area (Å²) in [5.74, 6) is -0.113. The first-order chi connectivity index (χ1) is 5.60. The van der Waals surface area contributed by atoms with Crippen molar-refractivity contribution >= 4 is 5.91 Å². The summed E-state index contributed by atoms with van der Waals surface area (Å²) in [5, 5.41) is 0. The van der Waals surface area contributed by atoms with E-state index in [0.29, 0.717) is 0 Å². The maximum Gasteiger partial charge on any atom is 0.223 e. The van der Waals surface area contributed by atoms with Crippen LogP contribution < -0.4 is 5.73 Å². The first-order valence-corrected chi connectivity index (χ1v) is 4.59. The molecule has 1 aliphatic heterocycles. The number of hydrogen-bond donors (Lipinski definition) is 1. The lowest BCUT2D eigenvalue weighted by molar-refractivity contribution is -0.130. The van der Waals surface area contributed by atoms with Crippen molar-refractivity contribution in [2.45, 2.75) is 26.2 Å². The Kier molecular flexibility index (Phi) is 2.73. The molecule has 0 atom stereocenters. The first-order valence-electron chi connectivity index (χ1n) is 4.59. The van der Waals surface area contributed by atoms with Crippen molar-refractivity contribution in [2.24, 2.45) is 11.1 Å². The molecule has 1 aliphatic rings. The number of nitrogens with zero attached hydrogens (tertiary/aromatic N) is 1. The number of rotatable bonds is 2. The normalized spacial score (nSPS) is 23.8. The molecule has 0 bridgehead atoms. The molecule has 2 N–H and O–H groups in total. The standard InChI is InChI=1S/C9H18N2O/c1-3-9(8(10)12)4-6-11(2)7-5-9/h3-7H2,1-2H3,(H2,10,12). The van der Waals surface area contributed by atoms with E-state index in [9.17, 15) is 4.79 Å². The van der Waals surface area contributed by atoms with Crippen molar-refractivity contribution in [2.75, 3.05) is 20.1 Å². The molecular formula is C9H18N2O. The molecule has 1 heterocycles. The number of carbonyl (C=O) groups is 1. The minimum atomic E-state index is -0.202. The monoisotopic (exact) mass is 170 g/mol. The lowest BCUT2D eigenvalue weighted by Gasteiger charge is -2.37. The van der Waals surface area contributed by atoms with Crippen LogP contribution in [0.25, 0.3) is 0 Å². The van der Waals surface area contributed by atoms with Crippen LogP contribution in [0.5, 0.6) is 0 Å². The number of nitrogens with two attached hydrogens (primary N) is 1. The third-order valence-electron chi connectivity index (χ3n) is 3.14. The van der Waals surface area contributed by atoms with E-state index in [0.717, 1.165) is 32.4 Å². The van der Waals surface area contributed by atoms with Gasteiger partial charge in [0.2, 0.25) is 5.91 Å². The summed E-state index contributed by atoms with van der Waals surface area (Å²) in [7, 11) is 2.08. The molecule has 0 unspecified atom stereocenters. The number of amides is 1. The van der Waals surface area contributed by atoms with Gasteiger partial charge >= 0.3 is 0 Å². The summed E-state index contributed by atoms with van der Waals surface area (Å²) in [6, 6.07) is 0. The van der Waals surface area contributed by atoms with Crippen LogP contribution in [0.2, 0.25) is 0 Å². The molecule has 0 saturated carbocycles. The maximum absolute atomic E-state index is 11.2. The van der Waals surface area contributed by atoms with Gasteiger partial charge in [0, 0.05) is 0 Å². The number of likely N-dealkylation sites (tertiary alicyclic amines) is 1. The summed E-state index contributed by atoms with van der Waals surface area (Å²) < 4.78 is 0. The van der Waals surface area contributed by atoms with Crippen molar-refractivity contribution in [3.05, 3.63) is 0 Å². The fourth-order valence-electron chi connectivity index (χ4n) is 1.82. The molecule has 1 fully saturated rings. The average Bonchev–Trinajstić information content (AvgIpc) is 2.06. The zero-order chi connectivity index (χ0) is 9.19. The Labute approximate surface area is 73.9 Å². The van der Waals surface area contributed by atoms with Crippen LogP contribution in [0.3, 0.4) is 0 Å². The van der Waals surface area contributed by atoms with E-state index >= 15 is 0 Å². The van der Waals surface area contributed by atoms with Gasteiger partial charge in [-0.15, -0.1) is 0 Å². The van der Waals surface area contributed by atoms with Gasteiger partial charge in [-0.2, -0.15) is 0 Å². The minimum absolute atomic E-state index is 0.113. The Balaban J connectivity index is 2.63. The zero-order valence-corrected chi connectivity index (χ0v) is 7.97. The lowest BCUT2D eigenvalue weighted by Crippen LogP contribution is -2.45. The molecule has 70 valence electrons. The number of hydrogen-bond acceptors (Lipinski definition) is 2. The van der Waals surface area contributed by atoms with Gasteiger partial charge < -0.3 is 10.6 Å². The number of piperidine rings is 1. The molecule has 1 amide bonds. The average molecular weight is 170 g/mol. The zero-order valence-electron chi connectivity index (χ0n) is 7.97. The van der Waals surface area contributed by atoms with Crippen molar-refractivity contribution in [3.8, 4) is 0 Å². The summed E-state index contributed by atoms with van der Waals surface area (Å²) in [6.45, 7) is 4.05. The molecule has 3 heteroatoms. The fourth-order valence-corrected chi connectivity index (χ4v) is 1.82. The van der Waals surface area contributed by atoms with Gasteiger partial charge in [0.1, 0.15) is 0 Å². The van der Waals surface area contributed by atoms with Crippen LogP contribution in [-0.4, -0.2) is 30.9 Å². The van der Waals surface area contributed by atoms with Crippen LogP contribution >= 0.6 is 0 Å². The van der Waals surface area contributed by atoms with E-state index < -0.39 is 0 Å². The molecule has 0 aromatic rings. The highest BCUT2D eigenvalue weighted by Gasteiger charge is 2.37. The third kappa shape index (κ3) is 1.61. The van der Waals surface area contributed by atoms with E-state index in [1.165, 1.54) is 0 Å². The van der Waals surface area contributed by atoms with Gasteiger partial charge in [-0.25, -0.2) is 0 Å². The minimum Gasteiger partial charge on any atom is -0.369 e. The van der Waals surface area contributed by atoms with E-state index in [-0.39, 0.29) is 11.3 Å². The van der Waals surface area contributed by atoms with E-state index in [2.05, 4.69) is 18.9 Å². The topological polar surface area (TPSA) is 46.3 Å². The molecule has 0 radical (unpaired) electrons. The molecule has 0 aromatic heterocycles. The lowest BCUT2D eigenvalue weighted by atomic mass is 9.76. The Morgan fingerprint density at radius 1 is 1.50 bits per heavy atom. The van der Waals surface area contributed by atoms with Crippen LogP contribution in [0.1, 0.15) is 26.2 Å². The van der Waals surface area contributed by atoms with Crippen LogP contribution in [0.15, 0.2) is 0 Å². The second-order valence-electron chi connectivity index (χ2n) is 3.80. The largest absolute Gasteiger partial charge is 0.369 e.